The van der Waals surface area contributed by atoms with Crippen LogP contribution in [0.5, 0.6) is 5.75 Å². The number of aromatic nitrogens is 2. The van der Waals surface area contributed by atoms with E-state index in [1.165, 1.54) is 21.7 Å². The molecule has 5 heteroatoms. The summed E-state index contributed by atoms with van der Waals surface area (Å²) in [5.41, 5.74) is 5.35. The zero-order valence-electron chi connectivity index (χ0n) is 12.4. The molecule has 0 atom stereocenters. The van der Waals surface area contributed by atoms with Gasteiger partial charge in [0.25, 0.3) is 0 Å². The van der Waals surface area contributed by atoms with Gasteiger partial charge in [-0.15, -0.1) is 11.3 Å². The molecule has 0 saturated heterocycles. The maximum Gasteiger partial charge on any atom is 0.119 e. The lowest BCUT2D eigenvalue weighted by Gasteiger charge is -2.22. The number of imidazole rings is 1. The number of hydrogen-bond donors (Lipinski definition) is 0. The van der Waals surface area contributed by atoms with Crippen molar-refractivity contribution in [1.82, 2.24) is 9.55 Å². The summed E-state index contributed by atoms with van der Waals surface area (Å²) in [5, 5.41) is 2.08. The van der Waals surface area contributed by atoms with Gasteiger partial charge in [-0.25, -0.2) is 4.98 Å². The van der Waals surface area contributed by atoms with E-state index in [0.717, 1.165) is 24.4 Å². The third kappa shape index (κ3) is 2.08. The summed E-state index contributed by atoms with van der Waals surface area (Å²) < 4.78 is 7.85. The molecular formula is C17H15BN2OS. The van der Waals surface area contributed by atoms with Crippen LogP contribution in [0.3, 0.4) is 0 Å². The molecule has 1 aromatic carbocycles. The van der Waals surface area contributed by atoms with Gasteiger partial charge in [0.15, 0.2) is 0 Å². The predicted molar refractivity (Wildman–Crippen MR) is 91.2 cm³/mol. The van der Waals surface area contributed by atoms with E-state index in [9.17, 15) is 0 Å². The maximum atomic E-state index is 6.17. The highest BCUT2D eigenvalue weighted by atomic mass is 32.1. The highest BCUT2D eigenvalue weighted by molar-refractivity contribution is 7.13. The molecule has 0 spiro atoms. The van der Waals surface area contributed by atoms with Crippen LogP contribution in [-0.2, 0) is 13.0 Å². The minimum absolute atomic E-state index is 0.626. The highest BCUT2D eigenvalue weighted by Crippen LogP contribution is 2.38. The Bertz CT molecular complexity index is 824. The molecule has 1 aliphatic heterocycles. The summed E-state index contributed by atoms with van der Waals surface area (Å²) in [6, 6.07) is 8.29. The summed E-state index contributed by atoms with van der Waals surface area (Å²) in [6.07, 6.45) is 2.91. The van der Waals surface area contributed by atoms with Crippen LogP contribution in [0, 0.1) is 0 Å². The first-order valence-corrected chi connectivity index (χ1v) is 8.30. The Hall–Kier alpha value is -2.01. The monoisotopic (exact) mass is 306 g/mol. The van der Waals surface area contributed by atoms with Crippen LogP contribution in [0.2, 0.25) is 0 Å². The molecule has 4 rings (SSSR count). The van der Waals surface area contributed by atoms with Gasteiger partial charge in [0.1, 0.15) is 19.3 Å². The molecule has 3 nitrogen and oxygen atoms in total. The van der Waals surface area contributed by atoms with Crippen molar-refractivity contribution in [2.75, 3.05) is 6.61 Å². The molecule has 108 valence electrons. The largest absolute Gasteiger partial charge is 0.495 e. The first kappa shape index (κ1) is 13.6. The number of nitrogens with zero attached hydrogens (tertiary/aromatic N) is 2. The molecule has 3 aromatic rings. The second-order valence-corrected chi connectivity index (χ2v) is 6.29. The van der Waals surface area contributed by atoms with Crippen LogP contribution >= 0.6 is 11.3 Å². The zero-order valence-corrected chi connectivity index (χ0v) is 13.2. The van der Waals surface area contributed by atoms with E-state index in [-0.39, 0.29) is 0 Å². The van der Waals surface area contributed by atoms with Gasteiger partial charge in [-0.05, 0) is 36.4 Å². The third-order valence-corrected chi connectivity index (χ3v) is 4.88. The van der Waals surface area contributed by atoms with E-state index in [2.05, 4.69) is 33.1 Å². The molecule has 0 N–H and O–H groups in total. The molecule has 2 aromatic heterocycles. The van der Waals surface area contributed by atoms with Crippen LogP contribution in [0.15, 0.2) is 36.0 Å². The van der Waals surface area contributed by atoms with Crippen molar-refractivity contribution >= 4 is 24.6 Å². The van der Waals surface area contributed by atoms with Crippen molar-refractivity contribution in [1.29, 1.82) is 0 Å². The number of aryl methyl sites for hydroxylation is 2. The number of benzene rings is 1. The molecule has 3 heterocycles. The van der Waals surface area contributed by atoms with E-state index in [1.54, 1.807) is 11.3 Å². The lowest BCUT2D eigenvalue weighted by atomic mass is 9.87. The third-order valence-electron chi connectivity index (χ3n) is 4.00. The Kier molecular flexibility index (Phi) is 3.30. The molecule has 0 unspecified atom stereocenters. The fourth-order valence-corrected chi connectivity index (χ4v) is 3.74. The molecule has 0 amide bonds. The molecule has 0 bridgehead atoms. The first-order valence-electron chi connectivity index (χ1n) is 7.42. The van der Waals surface area contributed by atoms with Crippen molar-refractivity contribution in [3.63, 3.8) is 0 Å². The standard InChI is InChI=1S/C17H15BN2OS/c1-2-21-14-8-11-5-6-20-10-19-16(15-4-3-7-22-15)17(20)12(11)9-13(14)18/h3-4,7-10H,2,5-6H2,1H3. The summed E-state index contributed by atoms with van der Waals surface area (Å²) in [5.74, 6) is 0.784. The van der Waals surface area contributed by atoms with E-state index < -0.39 is 0 Å². The average Bonchev–Trinajstić information content (AvgIpc) is 3.16. The molecule has 2 radical (unpaired) electrons. The normalized spacial score (nSPS) is 12.8. The number of rotatable bonds is 3. The first-order chi connectivity index (χ1) is 10.8. The van der Waals surface area contributed by atoms with Crippen LogP contribution in [0.1, 0.15) is 12.5 Å². The van der Waals surface area contributed by atoms with Gasteiger partial charge in [0.2, 0.25) is 0 Å². The fourth-order valence-electron chi connectivity index (χ4n) is 3.02. The van der Waals surface area contributed by atoms with Gasteiger partial charge >= 0.3 is 0 Å². The second-order valence-electron chi connectivity index (χ2n) is 5.34. The Morgan fingerprint density at radius 2 is 2.32 bits per heavy atom. The fraction of sp³-hybridized carbons (Fsp3) is 0.235. The summed E-state index contributed by atoms with van der Waals surface area (Å²) in [6.45, 7) is 3.54. The minimum atomic E-state index is 0.626. The van der Waals surface area contributed by atoms with E-state index in [0.29, 0.717) is 12.1 Å². The van der Waals surface area contributed by atoms with Gasteiger partial charge in [-0.3, -0.25) is 0 Å². The zero-order chi connectivity index (χ0) is 15.1. The molecular weight excluding hydrogens is 291 g/mol. The summed E-state index contributed by atoms with van der Waals surface area (Å²) >= 11 is 1.71. The van der Waals surface area contributed by atoms with E-state index in [1.807, 2.05) is 19.3 Å². The van der Waals surface area contributed by atoms with Gasteiger partial charge in [0.05, 0.1) is 23.5 Å². The second kappa shape index (κ2) is 5.32. The smallest absolute Gasteiger partial charge is 0.119 e. The number of fused-ring (bicyclic) bond motifs is 3. The van der Waals surface area contributed by atoms with Crippen LogP contribution in [0.25, 0.3) is 21.8 Å². The highest BCUT2D eigenvalue weighted by Gasteiger charge is 2.23. The number of ether oxygens (including phenoxy) is 1. The van der Waals surface area contributed by atoms with Gasteiger partial charge < -0.3 is 9.30 Å². The predicted octanol–water partition coefficient (Wildman–Crippen LogP) is 3.03. The Balaban J connectivity index is 1.90. The minimum Gasteiger partial charge on any atom is -0.495 e. The van der Waals surface area contributed by atoms with Gasteiger partial charge in [-0.1, -0.05) is 17.6 Å². The van der Waals surface area contributed by atoms with Crippen molar-refractivity contribution in [3.8, 4) is 27.6 Å². The van der Waals surface area contributed by atoms with Crippen molar-refractivity contribution in [2.24, 2.45) is 0 Å². The van der Waals surface area contributed by atoms with Crippen LogP contribution in [-0.4, -0.2) is 24.0 Å². The Morgan fingerprint density at radius 1 is 1.41 bits per heavy atom. The van der Waals surface area contributed by atoms with E-state index in [4.69, 9.17) is 12.6 Å². The van der Waals surface area contributed by atoms with Crippen LogP contribution < -0.4 is 10.2 Å². The lowest BCUT2D eigenvalue weighted by molar-refractivity contribution is 0.342. The lowest BCUT2D eigenvalue weighted by Crippen LogP contribution is -2.16. The van der Waals surface area contributed by atoms with Gasteiger partial charge in [-0.2, -0.15) is 0 Å². The van der Waals surface area contributed by atoms with Crippen molar-refractivity contribution in [2.45, 2.75) is 19.9 Å². The Morgan fingerprint density at radius 3 is 3.09 bits per heavy atom. The molecule has 0 saturated carbocycles. The molecule has 0 fully saturated rings. The van der Waals surface area contributed by atoms with E-state index >= 15 is 0 Å². The summed E-state index contributed by atoms with van der Waals surface area (Å²) in [7, 11) is 6.17. The van der Waals surface area contributed by atoms with Crippen molar-refractivity contribution < 1.29 is 4.74 Å². The Labute approximate surface area is 135 Å². The molecule has 0 aliphatic carbocycles. The maximum absolute atomic E-state index is 6.17. The molecule has 1 aliphatic rings. The molecule has 22 heavy (non-hydrogen) atoms. The average molecular weight is 306 g/mol. The quantitative estimate of drug-likeness (QED) is 0.696. The topological polar surface area (TPSA) is 27.1 Å². The number of hydrogen-bond acceptors (Lipinski definition) is 3. The number of thiophene rings is 1. The summed E-state index contributed by atoms with van der Waals surface area (Å²) in [4.78, 5) is 5.82. The van der Waals surface area contributed by atoms with Crippen LogP contribution in [0.4, 0.5) is 0 Å². The van der Waals surface area contributed by atoms with Gasteiger partial charge in [0, 0.05) is 12.1 Å². The SMILES string of the molecule is [B]c1cc2c(cc1OCC)CCn1cnc(-c3cccs3)c1-2. The van der Waals surface area contributed by atoms with Crippen molar-refractivity contribution in [3.05, 3.63) is 41.5 Å².